The molecule has 0 radical (unpaired) electrons. The van der Waals surface area contributed by atoms with Gasteiger partial charge in [0.15, 0.2) is 5.69 Å². The molecular weight excluding hydrogens is 404 g/mol. The van der Waals surface area contributed by atoms with Crippen LogP contribution in [0.25, 0.3) is 0 Å². The molecular formula is C21H34N4O4S. The summed E-state index contributed by atoms with van der Waals surface area (Å²) in [4.78, 5) is 14.7. The minimum absolute atomic E-state index is 0.0273. The monoisotopic (exact) mass is 438 g/mol. The summed E-state index contributed by atoms with van der Waals surface area (Å²) in [5.41, 5.74) is 0.320. The van der Waals surface area contributed by atoms with Crippen LogP contribution in [-0.2, 0) is 10.0 Å². The summed E-state index contributed by atoms with van der Waals surface area (Å²) in [7, 11) is 0.949. The lowest BCUT2D eigenvalue weighted by atomic mass is 9.87. The van der Waals surface area contributed by atoms with E-state index in [1.165, 1.54) is 0 Å². The smallest absolute Gasteiger partial charge is 0.273 e. The van der Waals surface area contributed by atoms with E-state index in [4.69, 9.17) is 4.52 Å². The summed E-state index contributed by atoms with van der Waals surface area (Å²) in [6, 6.07) is 2.28. The highest BCUT2D eigenvalue weighted by Gasteiger charge is 2.33. The van der Waals surface area contributed by atoms with Gasteiger partial charge in [0.05, 0.1) is 5.75 Å². The summed E-state index contributed by atoms with van der Waals surface area (Å²) in [5, 5.41) is 6.87. The molecule has 168 valence electrons. The zero-order chi connectivity index (χ0) is 21.3. The quantitative estimate of drug-likeness (QED) is 0.701. The van der Waals surface area contributed by atoms with Gasteiger partial charge in [-0.2, -0.15) is 0 Å². The molecule has 0 atom stereocenters. The van der Waals surface area contributed by atoms with Gasteiger partial charge in [0.1, 0.15) is 5.76 Å². The van der Waals surface area contributed by atoms with E-state index in [1.807, 2.05) is 0 Å². The zero-order valence-corrected chi connectivity index (χ0v) is 18.9. The first-order valence-corrected chi connectivity index (χ1v) is 12.8. The zero-order valence-electron chi connectivity index (χ0n) is 18.0. The van der Waals surface area contributed by atoms with Crippen molar-refractivity contribution in [2.24, 2.45) is 5.92 Å². The second-order valence-corrected chi connectivity index (χ2v) is 11.5. The highest BCUT2D eigenvalue weighted by molar-refractivity contribution is 7.89. The van der Waals surface area contributed by atoms with Gasteiger partial charge in [-0.05, 0) is 71.4 Å². The third-order valence-corrected chi connectivity index (χ3v) is 8.96. The molecule has 2 heterocycles. The van der Waals surface area contributed by atoms with Crippen LogP contribution in [0.2, 0.25) is 0 Å². The van der Waals surface area contributed by atoms with E-state index in [9.17, 15) is 13.2 Å². The standard InChI is InChI=1S/C21H34N4O4S/c1-24(2)18-7-3-15(4-8-18)14-30(27,28)25-11-9-17(10-12-25)22-21(26)19-13-20(29-23-19)16-5-6-16/h13,15-18H,3-12,14H2,1-2H3,(H,22,26). The predicted molar refractivity (Wildman–Crippen MR) is 114 cm³/mol. The van der Waals surface area contributed by atoms with Gasteiger partial charge in [-0.1, -0.05) is 5.16 Å². The molecule has 1 amide bonds. The molecule has 9 heteroatoms. The van der Waals surface area contributed by atoms with E-state index < -0.39 is 10.0 Å². The van der Waals surface area contributed by atoms with Crippen molar-refractivity contribution in [1.82, 2.24) is 19.7 Å². The third-order valence-electron chi connectivity index (χ3n) is 6.92. The van der Waals surface area contributed by atoms with Crippen LogP contribution in [0.3, 0.4) is 0 Å². The van der Waals surface area contributed by atoms with E-state index in [0.717, 1.165) is 44.3 Å². The van der Waals surface area contributed by atoms with Crippen LogP contribution in [0.5, 0.6) is 0 Å². The molecule has 0 spiro atoms. The molecule has 1 aliphatic heterocycles. The summed E-state index contributed by atoms with van der Waals surface area (Å²) >= 11 is 0. The Morgan fingerprint density at radius 2 is 1.80 bits per heavy atom. The molecule has 2 saturated carbocycles. The Bertz CT molecular complexity index is 833. The Morgan fingerprint density at radius 1 is 1.13 bits per heavy atom. The van der Waals surface area contributed by atoms with Gasteiger partial charge >= 0.3 is 0 Å². The number of sulfonamides is 1. The Hall–Kier alpha value is -1.45. The molecule has 3 fully saturated rings. The Morgan fingerprint density at radius 3 is 2.40 bits per heavy atom. The molecule has 8 nitrogen and oxygen atoms in total. The van der Waals surface area contributed by atoms with Crippen molar-refractivity contribution in [3.8, 4) is 0 Å². The number of aromatic nitrogens is 1. The number of rotatable bonds is 7. The first kappa shape index (κ1) is 21.8. The molecule has 4 rings (SSSR count). The van der Waals surface area contributed by atoms with Crippen molar-refractivity contribution < 1.29 is 17.7 Å². The Balaban J connectivity index is 1.22. The van der Waals surface area contributed by atoms with Crippen molar-refractivity contribution in [2.45, 2.75) is 69.4 Å². The van der Waals surface area contributed by atoms with E-state index in [1.54, 1.807) is 10.4 Å². The number of piperidine rings is 1. The molecule has 1 saturated heterocycles. The summed E-state index contributed by atoms with van der Waals surface area (Å²) in [6.07, 6.45) is 7.57. The normalized spacial score (nSPS) is 26.8. The van der Waals surface area contributed by atoms with E-state index in [-0.39, 0.29) is 23.6 Å². The largest absolute Gasteiger partial charge is 0.360 e. The van der Waals surface area contributed by atoms with Gasteiger partial charge in [0.2, 0.25) is 10.0 Å². The maximum absolute atomic E-state index is 12.9. The number of amides is 1. The molecule has 0 bridgehead atoms. The Labute approximate surface area is 179 Å². The average molecular weight is 439 g/mol. The van der Waals surface area contributed by atoms with Gasteiger partial charge in [-0.3, -0.25) is 4.79 Å². The number of nitrogens with one attached hydrogen (secondary N) is 1. The fraction of sp³-hybridized carbons (Fsp3) is 0.810. The van der Waals surface area contributed by atoms with Crippen molar-refractivity contribution in [1.29, 1.82) is 0 Å². The van der Waals surface area contributed by atoms with Crippen molar-refractivity contribution in [3.05, 3.63) is 17.5 Å². The number of nitrogens with zero attached hydrogens (tertiary/aromatic N) is 3. The first-order chi connectivity index (χ1) is 14.3. The second kappa shape index (κ2) is 8.96. The molecule has 30 heavy (non-hydrogen) atoms. The molecule has 0 aromatic carbocycles. The van der Waals surface area contributed by atoms with E-state index >= 15 is 0 Å². The summed E-state index contributed by atoms with van der Waals surface area (Å²) in [5.74, 6) is 1.50. The van der Waals surface area contributed by atoms with Gasteiger partial charge < -0.3 is 14.7 Å². The molecule has 0 unspecified atom stereocenters. The summed E-state index contributed by atoms with van der Waals surface area (Å²) < 4.78 is 32.7. The predicted octanol–water partition coefficient (Wildman–Crippen LogP) is 2.20. The number of carbonyl (C=O) groups is 1. The average Bonchev–Trinajstić information content (AvgIpc) is 3.45. The SMILES string of the molecule is CN(C)C1CCC(CS(=O)(=O)N2CCC(NC(=O)c3cc(C4CC4)on3)CC2)CC1. The van der Waals surface area contributed by atoms with Crippen LogP contribution in [0.1, 0.15) is 73.5 Å². The van der Waals surface area contributed by atoms with Gasteiger partial charge in [-0.25, -0.2) is 12.7 Å². The topological polar surface area (TPSA) is 95.8 Å². The third kappa shape index (κ3) is 5.23. The fourth-order valence-electron chi connectivity index (χ4n) is 4.73. The lowest BCUT2D eigenvalue weighted by Gasteiger charge is -2.35. The second-order valence-electron chi connectivity index (χ2n) is 9.45. The number of carbonyl (C=O) groups excluding carboxylic acids is 1. The number of hydrogen-bond donors (Lipinski definition) is 1. The van der Waals surface area contributed by atoms with Crippen molar-refractivity contribution >= 4 is 15.9 Å². The minimum Gasteiger partial charge on any atom is -0.360 e. The molecule has 2 aliphatic carbocycles. The van der Waals surface area contributed by atoms with Crippen molar-refractivity contribution in [2.75, 3.05) is 32.9 Å². The van der Waals surface area contributed by atoms with Crippen LogP contribution >= 0.6 is 0 Å². The first-order valence-electron chi connectivity index (χ1n) is 11.2. The maximum Gasteiger partial charge on any atom is 0.273 e. The van der Waals surface area contributed by atoms with Gasteiger partial charge in [0, 0.05) is 37.2 Å². The lowest BCUT2D eigenvalue weighted by Crippen LogP contribution is -2.47. The summed E-state index contributed by atoms with van der Waals surface area (Å²) in [6.45, 7) is 0.929. The van der Waals surface area contributed by atoms with Crippen LogP contribution in [-0.4, -0.2) is 73.7 Å². The minimum atomic E-state index is -3.24. The van der Waals surface area contributed by atoms with Crippen LogP contribution in [0.4, 0.5) is 0 Å². The lowest BCUT2D eigenvalue weighted by molar-refractivity contribution is 0.0914. The van der Waals surface area contributed by atoms with Crippen LogP contribution in [0.15, 0.2) is 10.6 Å². The molecule has 1 aromatic rings. The van der Waals surface area contributed by atoms with Crippen molar-refractivity contribution in [3.63, 3.8) is 0 Å². The van der Waals surface area contributed by atoms with Gasteiger partial charge in [-0.15, -0.1) is 0 Å². The van der Waals surface area contributed by atoms with E-state index in [0.29, 0.717) is 43.6 Å². The molecule has 1 aromatic heterocycles. The molecule has 1 N–H and O–H groups in total. The fourth-order valence-corrected chi connectivity index (χ4v) is 6.63. The highest BCUT2D eigenvalue weighted by Crippen LogP contribution is 2.40. The number of hydrogen-bond acceptors (Lipinski definition) is 6. The maximum atomic E-state index is 12.9. The van der Waals surface area contributed by atoms with Crippen LogP contribution < -0.4 is 5.32 Å². The molecule has 3 aliphatic rings. The van der Waals surface area contributed by atoms with E-state index in [2.05, 4.69) is 29.5 Å². The van der Waals surface area contributed by atoms with Crippen LogP contribution in [0, 0.1) is 5.92 Å². The highest BCUT2D eigenvalue weighted by atomic mass is 32.2. The Kier molecular flexibility index (Phi) is 6.50. The van der Waals surface area contributed by atoms with Gasteiger partial charge in [0.25, 0.3) is 5.91 Å².